The molecular formula is C9H15N3O. The number of hydrogen-bond donors (Lipinski definition) is 1. The first-order chi connectivity index (χ1) is 6.16. The number of aromatic nitrogens is 2. The highest BCUT2D eigenvalue weighted by molar-refractivity contribution is 5.07. The van der Waals surface area contributed by atoms with Gasteiger partial charge in [0.25, 0.3) is 0 Å². The highest BCUT2D eigenvalue weighted by Gasteiger charge is 2.37. The van der Waals surface area contributed by atoms with Gasteiger partial charge in [-0.25, -0.2) is 0 Å². The van der Waals surface area contributed by atoms with Crippen LogP contribution in [0.3, 0.4) is 0 Å². The molecule has 72 valence electrons. The molecule has 13 heavy (non-hydrogen) atoms. The molecule has 4 nitrogen and oxygen atoms in total. The Bertz CT molecular complexity index is 295. The van der Waals surface area contributed by atoms with Crippen LogP contribution in [0, 0.1) is 5.92 Å². The maximum atomic E-state index is 5.62. The van der Waals surface area contributed by atoms with Crippen molar-refractivity contribution < 1.29 is 4.52 Å². The summed E-state index contributed by atoms with van der Waals surface area (Å²) in [5, 5.41) is 3.94. The lowest BCUT2D eigenvalue weighted by Crippen LogP contribution is -2.17. The van der Waals surface area contributed by atoms with E-state index in [1.807, 2.05) is 6.92 Å². The minimum absolute atomic E-state index is 0.0879. The molecule has 0 radical (unpaired) electrons. The van der Waals surface area contributed by atoms with Gasteiger partial charge >= 0.3 is 0 Å². The van der Waals surface area contributed by atoms with Crippen LogP contribution in [-0.4, -0.2) is 16.2 Å². The third-order valence-corrected chi connectivity index (χ3v) is 2.42. The molecule has 1 aliphatic carbocycles. The third-order valence-electron chi connectivity index (χ3n) is 2.42. The van der Waals surface area contributed by atoms with Crippen molar-refractivity contribution in [2.24, 2.45) is 11.7 Å². The Morgan fingerprint density at radius 1 is 1.69 bits per heavy atom. The summed E-state index contributed by atoms with van der Waals surface area (Å²) in [4.78, 5) is 4.31. The molecule has 0 aromatic carbocycles. The molecule has 0 spiro atoms. The Morgan fingerprint density at radius 3 is 2.92 bits per heavy atom. The first kappa shape index (κ1) is 8.69. The molecule has 1 aliphatic rings. The molecule has 3 unspecified atom stereocenters. The van der Waals surface area contributed by atoms with E-state index >= 15 is 0 Å². The lowest BCUT2D eigenvalue weighted by atomic mass is 10.2. The lowest BCUT2D eigenvalue weighted by molar-refractivity contribution is 0.366. The van der Waals surface area contributed by atoms with Crippen molar-refractivity contribution in [1.29, 1.82) is 0 Å². The molecule has 2 N–H and O–H groups in total. The van der Waals surface area contributed by atoms with Crippen molar-refractivity contribution >= 4 is 0 Å². The molecule has 4 heteroatoms. The summed E-state index contributed by atoms with van der Waals surface area (Å²) in [6.07, 6.45) is 1.87. The number of nitrogens with zero attached hydrogens (tertiary/aromatic N) is 2. The molecule has 3 atom stereocenters. The SMILES string of the molecule is CC(N)Cc1nc(C2CC2C)no1. The molecular weight excluding hydrogens is 166 g/mol. The van der Waals surface area contributed by atoms with Crippen LogP contribution in [-0.2, 0) is 6.42 Å². The van der Waals surface area contributed by atoms with Crippen molar-refractivity contribution in [1.82, 2.24) is 10.1 Å². The lowest BCUT2D eigenvalue weighted by Gasteiger charge is -1.96. The average Bonchev–Trinajstić information content (AvgIpc) is 2.60. The molecule has 0 amide bonds. The Balaban J connectivity index is 2.01. The summed E-state index contributed by atoms with van der Waals surface area (Å²) in [6.45, 7) is 4.13. The number of nitrogens with two attached hydrogens (primary N) is 1. The minimum atomic E-state index is 0.0879. The van der Waals surface area contributed by atoms with Crippen LogP contribution in [0.1, 0.15) is 37.9 Å². The topological polar surface area (TPSA) is 64.9 Å². The Kier molecular flexibility index (Phi) is 2.07. The van der Waals surface area contributed by atoms with Gasteiger partial charge in [0.05, 0.1) is 0 Å². The molecule has 1 heterocycles. The van der Waals surface area contributed by atoms with Gasteiger partial charge in [0.1, 0.15) is 0 Å². The van der Waals surface area contributed by atoms with Crippen molar-refractivity contribution in [3.63, 3.8) is 0 Å². The molecule has 0 bridgehead atoms. The van der Waals surface area contributed by atoms with Crippen LogP contribution in [0.4, 0.5) is 0 Å². The zero-order chi connectivity index (χ0) is 9.42. The Morgan fingerprint density at radius 2 is 2.38 bits per heavy atom. The average molecular weight is 181 g/mol. The van der Waals surface area contributed by atoms with Crippen molar-refractivity contribution in [2.75, 3.05) is 0 Å². The van der Waals surface area contributed by atoms with E-state index in [0.717, 1.165) is 11.7 Å². The van der Waals surface area contributed by atoms with Crippen LogP contribution in [0.5, 0.6) is 0 Å². The van der Waals surface area contributed by atoms with E-state index in [4.69, 9.17) is 10.3 Å². The summed E-state index contributed by atoms with van der Waals surface area (Å²) in [5.41, 5.74) is 5.62. The van der Waals surface area contributed by atoms with Crippen molar-refractivity contribution in [3.8, 4) is 0 Å². The van der Waals surface area contributed by atoms with Crippen LogP contribution < -0.4 is 5.73 Å². The summed E-state index contributed by atoms with van der Waals surface area (Å²) >= 11 is 0. The second-order valence-corrected chi connectivity index (χ2v) is 4.05. The Hall–Kier alpha value is -0.900. The maximum Gasteiger partial charge on any atom is 0.228 e. The summed E-state index contributed by atoms with van der Waals surface area (Å²) < 4.78 is 5.08. The van der Waals surface area contributed by atoms with Crippen LogP contribution in [0.15, 0.2) is 4.52 Å². The van der Waals surface area contributed by atoms with Gasteiger partial charge in [-0.3, -0.25) is 0 Å². The number of rotatable bonds is 3. The summed E-state index contributed by atoms with van der Waals surface area (Å²) in [7, 11) is 0. The molecule has 1 saturated carbocycles. The van der Waals surface area contributed by atoms with Gasteiger partial charge in [-0.15, -0.1) is 0 Å². The molecule has 1 aromatic heterocycles. The fourth-order valence-corrected chi connectivity index (χ4v) is 1.46. The van der Waals surface area contributed by atoms with E-state index in [9.17, 15) is 0 Å². The first-order valence-electron chi connectivity index (χ1n) is 4.75. The normalized spacial score (nSPS) is 28.8. The number of hydrogen-bond acceptors (Lipinski definition) is 4. The summed E-state index contributed by atoms with van der Waals surface area (Å²) in [6, 6.07) is 0.0879. The van der Waals surface area contributed by atoms with Crippen LogP contribution in [0.25, 0.3) is 0 Å². The van der Waals surface area contributed by atoms with Crippen LogP contribution >= 0.6 is 0 Å². The van der Waals surface area contributed by atoms with E-state index in [-0.39, 0.29) is 6.04 Å². The van der Waals surface area contributed by atoms with Gasteiger partial charge in [0, 0.05) is 18.4 Å². The van der Waals surface area contributed by atoms with E-state index in [1.165, 1.54) is 6.42 Å². The van der Waals surface area contributed by atoms with Gasteiger partial charge in [-0.05, 0) is 19.3 Å². The second kappa shape index (κ2) is 3.10. The predicted octanol–water partition coefficient (Wildman–Crippen LogP) is 1.08. The molecule has 0 aliphatic heterocycles. The van der Waals surface area contributed by atoms with E-state index < -0.39 is 0 Å². The van der Waals surface area contributed by atoms with E-state index in [1.54, 1.807) is 0 Å². The largest absolute Gasteiger partial charge is 0.339 e. The second-order valence-electron chi connectivity index (χ2n) is 4.05. The quantitative estimate of drug-likeness (QED) is 0.757. The molecule has 1 aromatic rings. The van der Waals surface area contributed by atoms with Crippen molar-refractivity contribution in [3.05, 3.63) is 11.7 Å². The summed E-state index contributed by atoms with van der Waals surface area (Å²) in [5.74, 6) is 2.79. The fourth-order valence-electron chi connectivity index (χ4n) is 1.46. The highest BCUT2D eigenvalue weighted by Crippen LogP contribution is 2.45. The van der Waals surface area contributed by atoms with Crippen molar-refractivity contribution in [2.45, 2.75) is 38.6 Å². The van der Waals surface area contributed by atoms with E-state index in [2.05, 4.69) is 17.1 Å². The maximum absolute atomic E-state index is 5.62. The minimum Gasteiger partial charge on any atom is -0.339 e. The van der Waals surface area contributed by atoms with Gasteiger partial charge in [0.2, 0.25) is 5.89 Å². The molecule has 2 rings (SSSR count). The Labute approximate surface area is 77.5 Å². The monoisotopic (exact) mass is 181 g/mol. The van der Waals surface area contributed by atoms with Gasteiger partial charge < -0.3 is 10.3 Å². The van der Waals surface area contributed by atoms with Crippen LogP contribution in [0.2, 0.25) is 0 Å². The zero-order valence-electron chi connectivity index (χ0n) is 8.03. The molecule has 1 fully saturated rings. The first-order valence-corrected chi connectivity index (χ1v) is 4.75. The third kappa shape index (κ3) is 1.88. The highest BCUT2D eigenvalue weighted by atomic mass is 16.5. The standard InChI is InChI=1S/C9H15N3O/c1-5-3-7(5)9-11-8(13-12-9)4-6(2)10/h5-7H,3-4,10H2,1-2H3. The predicted molar refractivity (Wildman–Crippen MR) is 48.2 cm³/mol. The van der Waals surface area contributed by atoms with Gasteiger partial charge in [0.15, 0.2) is 5.82 Å². The van der Waals surface area contributed by atoms with E-state index in [0.29, 0.717) is 18.2 Å². The smallest absolute Gasteiger partial charge is 0.228 e. The van der Waals surface area contributed by atoms with Gasteiger partial charge in [-0.1, -0.05) is 12.1 Å². The fraction of sp³-hybridized carbons (Fsp3) is 0.778. The molecule has 0 saturated heterocycles. The zero-order valence-corrected chi connectivity index (χ0v) is 8.03. The van der Waals surface area contributed by atoms with Gasteiger partial charge in [-0.2, -0.15) is 4.98 Å².